The normalized spacial score (nSPS) is 12.4. The van der Waals surface area contributed by atoms with Gasteiger partial charge in [-0.25, -0.2) is 9.97 Å². The largest absolute Gasteiger partial charge is 0.456 e. The highest BCUT2D eigenvalue weighted by molar-refractivity contribution is 6.34. The molecule has 0 spiro atoms. The average molecular weight is 460 g/mol. The molecule has 36 heavy (non-hydrogen) atoms. The summed E-state index contributed by atoms with van der Waals surface area (Å²) in [6.07, 6.45) is 0. The molecule has 0 saturated carbocycles. The summed E-state index contributed by atoms with van der Waals surface area (Å²) in [4.78, 5) is 10.2. The first-order chi connectivity index (χ1) is 17.8. The van der Waals surface area contributed by atoms with Gasteiger partial charge in [-0.2, -0.15) is 0 Å². The van der Waals surface area contributed by atoms with E-state index >= 15 is 0 Å². The molecule has 4 aromatic heterocycles. The van der Waals surface area contributed by atoms with Crippen LogP contribution in [-0.2, 0) is 0 Å². The fourth-order valence-electron chi connectivity index (χ4n) is 5.96. The summed E-state index contributed by atoms with van der Waals surface area (Å²) >= 11 is 0. The van der Waals surface area contributed by atoms with Crippen LogP contribution in [0, 0.1) is 0 Å². The van der Waals surface area contributed by atoms with Gasteiger partial charge in [0, 0.05) is 26.9 Å². The number of fused-ring (bicyclic) bond motifs is 11. The smallest absolute Gasteiger partial charge is 0.165 e. The molecule has 4 nitrogen and oxygen atoms in total. The zero-order chi connectivity index (χ0) is 23.4. The molecule has 9 rings (SSSR count). The number of furan rings is 1. The lowest BCUT2D eigenvalue weighted by Gasteiger charge is -2.04. The Balaban J connectivity index is 1.58. The lowest BCUT2D eigenvalue weighted by molar-refractivity contribution is 0.669. The highest BCUT2D eigenvalue weighted by atomic mass is 16.3. The third kappa shape index (κ3) is 2.19. The minimum absolute atomic E-state index is 0.880. The second-order valence-electron chi connectivity index (χ2n) is 9.44. The lowest BCUT2D eigenvalue weighted by atomic mass is 10.00. The first kappa shape index (κ1) is 18.4. The molecule has 0 N–H and O–H groups in total. The average Bonchev–Trinajstić information content (AvgIpc) is 3.57. The first-order valence-corrected chi connectivity index (χ1v) is 12.1. The van der Waals surface area contributed by atoms with Gasteiger partial charge in [0.1, 0.15) is 16.7 Å². The van der Waals surface area contributed by atoms with Crippen molar-refractivity contribution in [1.82, 2.24) is 14.4 Å². The molecule has 0 atom stereocenters. The predicted molar refractivity (Wildman–Crippen MR) is 147 cm³/mol. The van der Waals surface area contributed by atoms with Crippen molar-refractivity contribution in [2.45, 2.75) is 0 Å². The monoisotopic (exact) mass is 459 g/mol. The van der Waals surface area contributed by atoms with Crippen molar-refractivity contribution < 1.29 is 4.42 Å². The van der Waals surface area contributed by atoms with Gasteiger partial charge in [-0.1, -0.05) is 66.7 Å². The van der Waals surface area contributed by atoms with E-state index in [1.54, 1.807) is 0 Å². The number of para-hydroxylation sites is 3. The number of nitrogens with zero attached hydrogens (tertiary/aromatic N) is 3. The Morgan fingerprint density at radius 1 is 0.556 bits per heavy atom. The predicted octanol–water partition coefficient (Wildman–Crippen LogP) is 8.35. The maximum Gasteiger partial charge on any atom is 0.165 e. The fourth-order valence-corrected chi connectivity index (χ4v) is 5.96. The third-order valence-corrected chi connectivity index (χ3v) is 7.50. The summed E-state index contributed by atoms with van der Waals surface area (Å²) < 4.78 is 8.70. The van der Waals surface area contributed by atoms with Crippen LogP contribution < -0.4 is 0 Å². The molecular weight excluding hydrogens is 442 g/mol. The van der Waals surface area contributed by atoms with Crippen LogP contribution in [0.3, 0.4) is 0 Å². The topological polar surface area (TPSA) is 43.3 Å². The molecule has 0 aliphatic heterocycles. The molecule has 0 aliphatic rings. The fraction of sp³-hybridized carbons (Fsp3) is 0. The van der Waals surface area contributed by atoms with Crippen molar-refractivity contribution >= 4 is 71.3 Å². The molecule has 0 radical (unpaired) electrons. The second kappa shape index (κ2) is 6.37. The van der Waals surface area contributed by atoms with Crippen molar-refractivity contribution in [3.05, 3.63) is 103 Å². The van der Waals surface area contributed by atoms with Crippen LogP contribution in [0.15, 0.2) is 108 Å². The van der Waals surface area contributed by atoms with Gasteiger partial charge in [0.15, 0.2) is 5.65 Å². The van der Waals surface area contributed by atoms with Crippen LogP contribution in [0.2, 0.25) is 0 Å². The Labute approximate surface area is 204 Å². The minimum atomic E-state index is 0.880. The molecule has 0 bridgehead atoms. The van der Waals surface area contributed by atoms with Crippen LogP contribution in [0.4, 0.5) is 0 Å². The van der Waals surface area contributed by atoms with Gasteiger partial charge in [-0.3, -0.25) is 4.40 Å². The van der Waals surface area contributed by atoms with Gasteiger partial charge in [0.2, 0.25) is 0 Å². The van der Waals surface area contributed by atoms with E-state index in [1.165, 1.54) is 21.9 Å². The van der Waals surface area contributed by atoms with Crippen LogP contribution in [0.5, 0.6) is 0 Å². The van der Waals surface area contributed by atoms with Gasteiger partial charge in [0.25, 0.3) is 0 Å². The van der Waals surface area contributed by atoms with E-state index < -0.39 is 0 Å². The van der Waals surface area contributed by atoms with E-state index in [0.29, 0.717) is 0 Å². The van der Waals surface area contributed by atoms with Gasteiger partial charge in [-0.15, -0.1) is 0 Å². The molecule has 4 heteroatoms. The van der Waals surface area contributed by atoms with E-state index in [2.05, 4.69) is 71.1 Å². The number of hydrogen-bond acceptors (Lipinski definition) is 3. The Kier molecular flexibility index (Phi) is 3.25. The summed E-state index contributed by atoms with van der Waals surface area (Å²) in [7, 11) is 0. The molecule has 9 aromatic rings. The van der Waals surface area contributed by atoms with Crippen molar-refractivity contribution in [2.24, 2.45) is 0 Å². The highest BCUT2D eigenvalue weighted by Gasteiger charge is 2.24. The zero-order valence-electron chi connectivity index (χ0n) is 19.1. The number of rotatable bonds is 1. The number of aromatic nitrogens is 3. The van der Waals surface area contributed by atoms with E-state index in [-0.39, 0.29) is 0 Å². The minimum Gasteiger partial charge on any atom is -0.456 e. The summed E-state index contributed by atoms with van der Waals surface area (Å²) in [5.41, 5.74) is 10.0. The molecule has 0 saturated heterocycles. The molecule has 0 amide bonds. The van der Waals surface area contributed by atoms with Crippen LogP contribution in [0.25, 0.3) is 82.5 Å². The summed E-state index contributed by atoms with van der Waals surface area (Å²) in [5.74, 6) is 0. The Bertz CT molecular complexity index is 2310. The Morgan fingerprint density at radius 3 is 2.22 bits per heavy atom. The molecule has 0 aliphatic carbocycles. The van der Waals surface area contributed by atoms with Crippen molar-refractivity contribution in [3.8, 4) is 11.1 Å². The standard InChI is InChI=1S/C32H17N3O/c1-2-8-18(9-3-1)19-14-15-25-21(16-19)29-28-20-10-4-7-13-26(20)36-27(28)17-22-30-32(35(25)31(22)29)34-24-12-6-5-11-23(24)33-30/h1-17H. The van der Waals surface area contributed by atoms with Gasteiger partial charge < -0.3 is 4.42 Å². The second-order valence-corrected chi connectivity index (χ2v) is 9.44. The van der Waals surface area contributed by atoms with E-state index in [0.717, 1.165) is 60.6 Å². The molecule has 0 fully saturated rings. The maximum atomic E-state index is 6.40. The van der Waals surface area contributed by atoms with Crippen molar-refractivity contribution in [2.75, 3.05) is 0 Å². The van der Waals surface area contributed by atoms with Gasteiger partial charge in [-0.05, 0) is 47.5 Å². The van der Waals surface area contributed by atoms with Crippen LogP contribution in [-0.4, -0.2) is 14.4 Å². The SMILES string of the molecule is c1ccc(-c2ccc3c(c2)c2c4c(cc5c6nc7ccccc7nc6n3c52)oc2ccccc24)cc1. The quantitative estimate of drug-likeness (QED) is 0.248. The first-order valence-electron chi connectivity index (χ1n) is 12.1. The summed E-state index contributed by atoms with van der Waals surface area (Å²) in [6, 6.07) is 35.8. The van der Waals surface area contributed by atoms with Gasteiger partial charge in [0.05, 0.1) is 22.1 Å². The van der Waals surface area contributed by atoms with Crippen molar-refractivity contribution in [1.29, 1.82) is 0 Å². The lowest BCUT2D eigenvalue weighted by Crippen LogP contribution is -1.89. The molecule has 4 heterocycles. The van der Waals surface area contributed by atoms with Crippen molar-refractivity contribution in [3.63, 3.8) is 0 Å². The Morgan fingerprint density at radius 2 is 1.33 bits per heavy atom. The van der Waals surface area contributed by atoms with E-state index in [1.807, 2.05) is 36.4 Å². The van der Waals surface area contributed by atoms with E-state index in [4.69, 9.17) is 14.4 Å². The van der Waals surface area contributed by atoms with Gasteiger partial charge >= 0.3 is 0 Å². The summed E-state index contributed by atoms with van der Waals surface area (Å²) in [6.45, 7) is 0. The van der Waals surface area contributed by atoms with Crippen LogP contribution >= 0.6 is 0 Å². The molecule has 166 valence electrons. The third-order valence-electron chi connectivity index (χ3n) is 7.50. The molecule has 5 aromatic carbocycles. The number of hydrogen-bond donors (Lipinski definition) is 0. The molecule has 0 unspecified atom stereocenters. The maximum absolute atomic E-state index is 6.40. The van der Waals surface area contributed by atoms with E-state index in [9.17, 15) is 0 Å². The number of benzene rings is 5. The van der Waals surface area contributed by atoms with Crippen LogP contribution in [0.1, 0.15) is 0 Å². The Hall–Kier alpha value is -4.96. The zero-order valence-corrected chi connectivity index (χ0v) is 19.1. The summed E-state index contributed by atoms with van der Waals surface area (Å²) in [5, 5.41) is 5.75. The molecular formula is C32H17N3O. The highest BCUT2D eigenvalue weighted by Crippen LogP contribution is 2.46.